The molecular formula is C16H17N3OS2. The van der Waals surface area contributed by atoms with Crippen LogP contribution in [0.5, 0.6) is 0 Å². The first-order valence-corrected chi connectivity index (χ1v) is 8.94. The molecule has 1 aliphatic rings. The Kier molecular flexibility index (Phi) is 4.59. The zero-order valence-electron chi connectivity index (χ0n) is 12.3. The minimum atomic E-state index is -0.199. The third-order valence-electron chi connectivity index (χ3n) is 3.78. The highest BCUT2D eigenvalue weighted by molar-refractivity contribution is 7.98. The highest BCUT2D eigenvalue weighted by atomic mass is 32.2. The van der Waals surface area contributed by atoms with Crippen molar-refractivity contribution >= 4 is 45.8 Å². The Balaban J connectivity index is 1.83. The number of fused-ring (bicyclic) bond motifs is 1. The van der Waals surface area contributed by atoms with E-state index < -0.39 is 0 Å². The van der Waals surface area contributed by atoms with E-state index in [1.807, 2.05) is 36.6 Å². The number of nitrogens with zero attached hydrogens (tertiary/aromatic N) is 2. The second-order valence-electron chi connectivity index (χ2n) is 5.19. The third-order valence-corrected chi connectivity index (χ3v) is 4.76. The molecule has 1 amide bonds. The van der Waals surface area contributed by atoms with E-state index in [0.29, 0.717) is 11.7 Å². The molecule has 1 unspecified atom stereocenters. The van der Waals surface area contributed by atoms with Crippen LogP contribution in [0.4, 0.5) is 0 Å². The molecule has 2 heterocycles. The summed E-state index contributed by atoms with van der Waals surface area (Å²) < 4.78 is 0. The summed E-state index contributed by atoms with van der Waals surface area (Å²) in [6.45, 7) is 0.418. The van der Waals surface area contributed by atoms with Gasteiger partial charge in [-0.15, -0.1) is 0 Å². The number of rotatable bonds is 5. The highest BCUT2D eigenvalue weighted by Gasteiger charge is 2.35. The number of carbonyl (C=O) groups is 1. The molecule has 0 spiro atoms. The average molecular weight is 331 g/mol. The van der Waals surface area contributed by atoms with Gasteiger partial charge < -0.3 is 5.32 Å². The molecule has 22 heavy (non-hydrogen) atoms. The Morgan fingerprint density at radius 2 is 2.18 bits per heavy atom. The van der Waals surface area contributed by atoms with Crippen molar-refractivity contribution < 1.29 is 4.79 Å². The molecule has 0 radical (unpaired) electrons. The maximum atomic E-state index is 12.5. The van der Waals surface area contributed by atoms with Gasteiger partial charge in [0.05, 0.1) is 12.2 Å². The standard InChI is InChI=1S/C16H17N3OS2/c1-22-9-7-13-15(20)19(16(21)18-13)10-14-12-5-3-2-4-11(12)6-8-17-14/h2-6,8,13H,7,9-10H2,1H3,(H,18,21). The minimum absolute atomic E-state index is 0.0498. The summed E-state index contributed by atoms with van der Waals surface area (Å²) in [6.07, 6.45) is 4.61. The topological polar surface area (TPSA) is 45.2 Å². The normalized spacial score (nSPS) is 18.0. The van der Waals surface area contributed by atoms with Crippen molar-refractivity contribution in [2.75, 3.05) is 12.0 Å². The zero-order valence-corrected chi connectivity index (χ0v) is 13.9. The largest absolute Gasteiger partial charge is 0.350 e. The van der Waals surface area contributed by atoms with Crippen LogP contribution in [0.3, 0.4) is 0 Å². The first-order valence-electron chi connectivity index (χ1n) is 7.14. The van der Waals surface area contributed by atoms with E-state index in [0.717, 1.165) is 28.6 Å². The number of nitrogens with one attached hydrogen (secondary N) is 1. The van der Waals surface area contributed by atoms with Gasteiger partial charge in [-0.1, -0.05) is 24.3 Å². The third kappa shape index (κ3) is 2.94. The van der Waals surface area contributed by atoms with Crippen LogP contribution in [0.25, 0.3) is 10.8 Å². The number of aromatic nitrogens is 1. The van der Waals surface area contributed by atoms with E-state index >= 15 is 0 Å². The first kappa shape index (κ1) is 15.2. The van der Waals surface area contributed by atoms with Gasteiger partial charge >= 0.3 is 0 Å². The van der Waals surface area contributed by atoms with Crippen molar-refractivity contribution in [3.63, 3.8) is 0 Å². The molecule has 1 aliphatic heterocycles. The van der Waals surface area contributed by atoms with Crippen LogP contribution in [0, 0.1) is 0 Å². The van der Waals surface area contributed by atoms with Gasteiger partial charge in [0.25, 0.3) is 5.91 Å². The molecule has 4 nitrogen and oxygen atoms in total. The fraction of sp³-hybridized carbons (Fsp3) is 0.312. The number of benzene rings is 1. The molecule has 1 aromatic carbocycles. The maximum absolute atomic E-state index is 12.5. The second kappa shape index (κ2) is 6.62. The predicted octanol–water partition coefficient (Wildman–Crippen LogP) is 2.57. The number of amides is 1. The van der Waals surface area contributed by atoms with Gasteiger partial charge in [0.1, 0.15) is 6.04 Å². The van der Waals surface area contributed by atoms with Crippen LogP contribution in [-0.2, 0) is 11.3 Å². The monoisotopic (exact) mass is 331 g/mol. The maximum Gasteiger partial charge on any atom is 0.251 e. The highest BCUT2D eigenvalue weighted by Crippen LogP contribution is 2.20. The lowest BCUT2D eigenvalue weighted by Crippen LogP contribution is -2.31. The van der Waals surface area contributed by atoms with Crippen molar-refractivity contribution in [1.82, 2.24) is 15.2 Å². The van der Waals surface area contributed by atoms with Crippen LogP contribution in [0.15, 0.2) is 36.5 Å². The van der Waals surface area contributed by atoms with Gasteiger partial charge in [-0.2, -0.15) is 11.8 Å². The summed E-state index contributed by atoms with van der Waals surface area (Å²) in [6, 6.07) is 9.83. The van der Waals surface area contributed by atoms with Crippen LogP contribution >= 0.6 is 24.0 Å². The molecule has 1 saturated heterocycles. The molecule has 0 bridgehead atoms. The number of hydrogen-bond acceptors (Lipinski definition) is 4. The summed E-state index contributed by atoms with van der Waals surface area (Å²) in [5.74, 6) is 0.987. The van der Waals surface area contributed by atoms with Gasteiger partial charge in [-0.25, -0.2) is 0 Å². The predicted molar refractivity (Wildman–Crippen MR) is 94.8 cm³/mol. The lowest BCUT2D eigenvalue weighted by atomic mass is 10.1. The first-order chi connectivity index (χ1) is 10.7. The van der Waals surface area contributed by atoms with Gasteiger partial charge in [0.2, 0.25) is 0 Å². The van der Waals surface area contributed by atoms with E-state index in [1.165, 1.54) is 0 Å². The number of thioether (sulfide) groups is 1. The van der Waals surface area contributed by atoms with Gasteiger partial charge in [-0.05, 0) is 42.1 Å². The molecule has 6 heteroatoms. The average Bonchev–Trinajstić information content (AvgIpc) is 2.81. The molecule has 114 valence electrons. The van der Waals surface area contributed by atoms with Crippen molar-refractivity contribution in [2.45, 2.75) is 19.0 Å². The molecule has 1 N–H and O–H groups in total. The number of pyridine rings is 1. The molecular weight excluding hydrogens is 314 g/mol. The number of carbonyl (C=O) groups excluding carboxylic acids is 1. The van der Waals surface area contributed by atoms with E-state index in [9.17, 15) is 4.79 Å². The van der Waals surface area contributed by atoms with Crippen molar-refractivity contribution in [3.05, 3.63) is 42.2 Å². The quantitative estimate of drug-likeness (QED) is 0.853. The van der Waals surface area contributed by atoms with Crippen LogP contribution < -0.4 is 5.32 Å². The van der Waals surface area contributed by atoms with E-state index in [1.54, 1.807) is 22.9 Å². The van der Waals surface area contributed by atoms with Crippen molar-refractivity contribution in [2.24, 2.45) is 0 Å². The van der Waals surface area contributed by atoms with Gasteiger partial charge in [0.15, 0.2) is 5.11 Å². The summed E-state index contributed by atoms with van der Waals surface area (Å²) in [7, 11) is 0. The lowest BCUT2D eigenvalue weighted by Gasteiger charge is -2.15. The summed E-state index contributed by atoms with van der Waals surface area (Å²) >= 11 is 7.06. The molecule has 0 aliphatic carbocycles. The fourth-order valence-electron chi connectivity index (χ4n) is 2.62. The van der Waals surface area contributed by atoms with Crippen LogP contribution in [0.2, 0.25) is 0 Å². The Bertz CT molecular complexity index is 714. The Hall–Kier alpha value is -1.66. The lowest BCUT2D eigenvalue weighted by molar-refractivity contribution is -0.127. The fourth-order valence-corrected chi connectivity index (χ4v) is 3.38. The molecule has 3 rings (SSSR count). The summed E-state index contributed by atoms with van der Waals surface area (Å²) in [5, 5.41) is 5.81. The SMILES string of the molecule is CSCCC1NC(=S)N(Cc2nccc3ccccc23)C1=O. The number of thiocarbonyl (C=S) groups is 1. The van der Waals surface area contributed by atoms with Gasteiger partial charge in [-0.3, -0.25) is 14.7 Å². The smallest absolute Gasteiger partial charge is 0.251 e. The molecule has 1 fully saturated rings. The Labute approximate surface area is 139 Å². The molecule has 1 aromatic heterocycles. The molecule has 2 aromatic rings. The van der Waals surface area contributed by atoms with E-state index in [4.69, 9.17) is 12.2 Å². The Morgan fingerprint density at radius 1 is 1.36 bits per heavy atom. The summed E-state index contributed by atoms with van der Waals surface area (Å²) in [4.78, 5) is 18.6. The summed E-state index contributed by atoms with van der Waals surface area (Å²) in [5.41, 5.74) is 0.876. The van der Waals surface area contributed by atoms with E-state index in [2.05, 4.69) is 10.3 Å². The molecule has 1 atom stereocenters. The minimum Gasteiger partial charge on any atom is -0.350 e. The number of hydrogen-bond donors (Lipinski definition) is 1. The van der Waals surface area contributed by atoms with E-state index in [-0.39, 0.29) is 11.9 Å². The molecule has 0 saturated carbocycles. The van der Waals surface area contributed by atoms with Crippen LogP contribution in [0.1, 0.15) is 12.1 Å². The Morgan fingerprint density at radius 3 is 3.00 bits per heavy atom. The van der Waals surface area contributed by atoms with Crippen molar-refractivity contribution in [1.29, 1.82) is 0 Å². The second-order valence-corrected chi connectivity index (χ2v) is 6.56. The van der Waals surface area contributed by atoms with Crippen molar-refractivity contribution in [3.8, 4) is 0 Å². The van der Waals surface area contributed by atoms with Crippen LogP contribution in [-0.4, -0.2) is 39.0 Å². The van der Waals surface area contributed by atoms with Gasteiger partial charge in [0, 0.05) is 11.6 Å². The zero-order chi connectivity index (χ0) is 15.5.